The molecule has 1 aromatic rings. The molecule has 4 heteroatoms. The predicted molar refractivity (Wildman–Crippen MR) is 70.8 cm³/mol. The SMILES string of the molecule is Cc1cccc(C(=O)N2CC(C)NC(C)C2)c1O. The van der Waals surface area contributed by atoms with Gasteiger partial charge in [0.15, 0.2) is 0 Å². The topological polar surface area (TPSA) is 52.6 Å². The highest BCUT2D eigenvalue weighted by atomic mass is 16.3. The number of nitrogens with zero attached hydrogens (tertiary/aromatic N) is 1. The fourth-order valence-electron chi connectivity index (χ4n) is 2.49. The Morgan fingerprint density at radius 2 is 1.94 bits per heavy atom. The minimum absolute atomic E-state index is 0.0867. The van der Waals surface area contributed by atoms with E-state index in [-0.39, 0.29) is 23.7 Å². The lowest BCUT2D eigenvalue weighted by Gasteiger charge is -2.36. The Bertz CT molecular complexity index is 449. The summed E-state index contributed by atoms with van der Waals surface area (Å²) in [6, 6.07) is 5.85. The molecule has 0 saturated carbocycles. The van der Waals surface area contributed by atoms with Gasteiger partial charge in [-0.1, -0.05) is 12.1 Å². The van der Waals surface area contributed by atoms with Gasteiger partial charge in [0.1, 0.15) is 5.75 Å². The molecular formula is C14H20N2O2. The Morgan fingerprint density at radius 3 is 2.56 bits per heavy atom. The van der Waals surface area contributed by atoms with Gasteiger partial charge in [-0.25, -0.2) is 0 Å². The molecule has 0 aromatic heterocycles. The number of phenols is 1. The molecule has 98 valence electrons. The molecule has 1 aliphatic rings. The quantitative estimate of drug-likeness (QED) is 0.792. The summed E-state index contributed by atoms with van der Waals surface area (Å²) in [4.78, 5) is 14.2. The van der Waals surface area contributed by atoms with E-state index in [1.165, 1.54) is 0 Å². The molecule has 2 unspecified atom stereocenters. The fraction of sp³-hybridized carbons (Fsp3) is 0.500. The van der Waals surface area contributed by atoms with E-state index >= 15 is 0 Å². The summed E-state index contributed by atoms with van der Waals surface area (Å²) in [5.41, 5.74) is 1.13. The maximum absolute atomic E-state index is 12.4. The van der Waals surface area contributed by atoms with Gasteiger partial charge in [-0.05, 0) is 32.4 Å². The van der Waals surface area contributed by atoms with Crippen LogP contribution >= 0.6 is 0 Å². The number of phenolic OH excluding ortho intramolecular Hbond substituents is 1. The molecule has 1 heterocycles. The van der Waals surface area contributed by atoms with Gasteiger partial charge in [0, 0.05) is 25.2 Å². The summed E-state index contributed by atoms with van der Waals surface area (Å²) in [6.45, 7) is 7.28. The van der Waals surface area contributed by atoms with E-state index in [2.05, 4.69) is 19.2 Å². The Morgan fingerprint density at radius 1 is 1.33 bits per heavy atom. The minimum Gasteiger partial charge on any atom is -0.507 e. The summed E-state index contributed by atoms with van der Waals surface area (Å²) in [6.07, 6.45) is 0. The van der Waals surface area contributed by atoms with E-state index in [0.717, 1.165) is 5.56 Å². The maximum atomic E-state index is 12.4. The molecule has 2 rings (SSSR count). The molecule has 1 amide bonds. The van der Waals surface area contributed by atoms with Crippen LogP contribution in [-0.4, -0.2) is 41.1 Å². The summed E-state index contributed by atoms with van der Waals surface area (Å²) in [7, 11) is 0. The zero-order valence-corrected chi connectivity index (χ0v) is 11.1. The van der Waals surface area contributed by atoms with E-state index in [4.69, 9.17) is 0 Å². The number of aryl methyl sites for hydroxylation is 1. The van der Waals surface area contributed by atoms with Gasteiger partial charge in [-0.15, -0.1) is 0 Å². The Kier molecular flexibility index (Phi) is 3.57. The van der Waals surface area contributed by atoms with Gasteiger partial charge in [0.05, 0.1) is 5.56 Å². The van der Waals surface area contributed by atoms with Crippen LogP contribution in [0.4, 0.5) is 0 Å². The van der Waals surface area contributed by atoms with Crippen LogP contribution in [0.15, 0.2) is 18.2 Å². The van der Waals surface area contributed by atoms with Crippen molar-refractivity contribution in [3.8, 4) is 5.75 Å². The second-order valence-corrected chi connectivity index (χ2v) is 5.15. The maximum Gasteiger partial charge on any atom is 0.257 e. The predicted octanol–water partition coefficient (Wildman–Crippen LogP) is 1.52. The molecule has 2 N–H and O–H groups in total. The highest BCUT2D eigenvalue weighted by Gasteiger charge is 2.27. The number of aromatic hydroxyl groups is 1. The molecule has 0 radical (unpaired) electrons. The Labute approximate surface area is 108 Å². The van der Waals surface area contributed by atoms with Gasteiger partial charge in [-0.3, -0.25) is 4.79 Å². The molecule has 0 spiro atoms. The van der Waals surface area contributed by atoms with E-state index in [1.807, 2.05) is 0 Å². The van der Waals surface area contributed by atoms with Crippen LogP contribution in [0, 0.1) is 6.92 Å². The standard InChI is InChI=1S/C14H20N2O2/c1-9-5-4-6-12(13(9)17)14(18)16-7-10(2)15-11(3)8-16/h4-6,10-11,15,17H,7-8H2,1-3H3. The number of carbonyl (C=O) groups excluding carboxylic acids is 1. The van der Waals surface area contributed by atoms with E-state index in [0.29, 0.717) is 18.7 Å². The van der Waals surface area contributed by atoms with Crippen molar-refractivity contribution in [3.63, 3.8) is 0 Å². The third kappa shape index (κ3) is 2.48. The Hall–Kier alpha value is -1.55. The van der Waals surface area contributed by atoms with Crippen LogP contribution in [0.2, 0.25) is 0 Å². The monoisotopic (exact) mass is 248 g/mol. The molecule has 18 heavy (non-hydrogen) atoms. The van der Waals surface area contributed by atoms with Crippen LogP contribution in [-0.2, 0) is 0 Å². The number of para-hydroxylation sites is 1. The number of benzene rings is 1. The molecule has 0 aliphatic carbocycles. The number of carbonyl (C=O) groups is 1. The van der Waals surface area contributed by atoms with Crippen molar-refractivity contribution < 1.29 is 9.90 Å². The smallest absolute Gasteiger partial charge is 0.257 e. The van der Waals surface area contributed by atoms with Gasteiger partial charge in [0.25, 0.3) is 5.91 Å². The molecular weight excluding hydrogens is 228 g/mol. The lowest BCUT2D eigenvalue weighted by atomic mass is 10.1. The normalized spacial score (nSPS) is 24.1. The Balaban J connectivity index is 2.23. The summed E-state index contributed by atoms with van der Waals surface area (Å²) in [5.74, 6) is 0.0118. The van der Waals surface area contributed by atoms with Gasteiger partial charge >= 0.3 is 0 Å². The summed E-state index contributed by atoms with van der Waals surface area (Å²) >= 11 is 0. The molecule has 1 saturated heterocycles. The largest absolute Gasteiger partial charge is 0.507 e. The van der Waals surface area contributed by atoms with E-state index in [9.17, 15) is 9.90 Å². The number of piperazine rings is 1. The zero-order valence-electron chi connectivity index (χ0n) is 11.1. The van der Waals surface area contributed by atoms with Crippen molar-refractivity contribution in [1.82, 2.24) is 10.2 Å². The first-order valence-corrected chi connectivity index (χ1v) is 6.33. The number of hydrogen-bond acceptors (Lipinski definition) is 3. The van der Waals surface area contributed by atoms with Gasteiger partial charge in [0.2, 0.25) is 0 Å². The van der Waals surface area contributed by atoms with Crippen LogP contribution in [0.1, 0.15) is 29.8 Å². The molecule has 1 aromatic carbocycles. The van der Waals surface area contributed by atoms with Crippen molar-refractivity contribution in [3.05, 3.63) is 29.3 Å². The first-order valence-electron chi connectivity index (χ1n) is 6.33. The summed E-state index contributed by atoms with van der Waals surface area (Å²) in [5, 5.41) is 13.4. The number of hydrogen-bond donors (Lipinski definition) is 2. The highest BCUT2D eigenvalue weighted by molar-refractivity contribution is 5.97. The van der Waals surface area contributed by atoms with E-state index in [1.54, 1.807) is 30.0 Å². The van der Waals surface area contributed by atoms with Crippen molar-refractivity contribution in [2.75, 3.05) is 13.1 Å². The number of nitrogens with one attached hydrogen (secondary N) is 1. The fourth-order valence-corrected chi connectivity index (χ4v) is 2.49. The van der Waals surface area contributed by atoms with Crippen molar-refractivity contribution in [1.29, 1.82) is 0 Å². The molecule has 2 atom stereocenters. The average Bonchev–Trinajstić information content (AvgIpc) is 2.30. The van der Waals surface area contributed by atoms with Crippen molar-refractivity contribution in [2.24, 2.45) is 0 Å². The van der Waals surface area contributed by atoms with Crippen molar-refractivity contribution in [2.45, 2.75) is 32.9 Å². The number of rotatable bonds is 1. The van der Waals surface area contributed by atoms with Gasteiger partial charge in [-0.2, -0.15) is 0 Å². The van der Waals surface area contributed by atoms with Crippen LogP contribution in [0.25, 0.3) is 0 Å². The second kappa shape index (κ2) is 4.98. The lowest BCUT2D eigenvalue weighted by Crippen LogP contribution is -2.55. The zero-order chi connectivity index (χ0) is 13.3. The number of amides is 1. The van der Waals surface area contributed by atoms with Crippen LogP contribution in [0.3, 0.4) is 0 Å². The van der Waals surface area contributed by atoms with Crippen LogP contribution in [0.5, 0.6) is 5.75 Å². The molecule has 4 nitrogen and oxygen atoms in total. The first-order chi connectivity index (χ1) is 8.49. The third-order valence-corrected chi connectivity index (χ3v) is 3.31. The summed E-state index contributed by atoms with van der Waals surface area (Å²) < 4.78 is 0. The average molecular weight is 248 g/mol. The molecule has 1 fully saturated rings. The van der Waals surface area contributed by atoms with Gasteiger partial charge < -0.3 is 15.3 Å². The van der Waals surface area contributed by atoms with Crippen molar-refractivity contribution >= 4 is 5.91 Å². The minimum atomic E-state index is -0.0867. The molecule has 1 aliphatic heterocycles. The third-order valence-electron chi connectivity index (χ3n) is 3.31. The second-order valence-electron chi connectivity index (χ2n) is 5.15. The lowest BCUT2D eigenvalue weighted by molar-refractivity contribution is 0.0670. The molecule has 0 bridgehead atoms. The van der Waals surface area contributed by atoms with E-state index < -0.39 is 0 Å². The van der Waals surface area contributed by atoms with Crippen LogP contribution < -0.4 is 5.32 Å². The first kappa shape index (κ1) is 12.9. The highest BCUT2D eigenvalue weighted by Crippen LogP contribution is 2.23.